The normalized spacial score (nSPS) is 15.6. The van der Waals surface area contributed by atoms with Crippen molar-refractivity contribution in [3.63, 3.8) is 0 Å². The molecule has 1 N–H and O–H groups in total. The molecule has 0 spiro atoms. The molecule has 1 aliphatic heterocycles. The van der Waals surface area contributed by atoms with E-state index in [1.807, 2.05) is 25.2 Å². The lowest BCUT2D eigenvalue weighted by Gasteiger charge is -2.36. The summed E-state index contributed by atoms with van der Waals surface area (Å²) in [5.41, 5.74) is 1.20. The topological polar surface area (TPSA) is 65.9 Å². The third-order valence-corrected chi connectivity index (χ3v) is 4.50. The molecule has 8 heteroatoms. The standard InChI is InChI=1S/C20H28N6O.HI/c1-16-6-4-7-18(14-16)27-17(2)15-24-19(21-3)25-10-12-26(13-11-25)20-22-8-5-9-23-20;/h4-9,14,17H,10-13,15H2,1-3H3,(H,21,24);1H. The van der Waals surface area contributed by atoms with E-state index in [0.29, 0.717) is 6.54 Å². The Morgan fingerprint density at radius 1 is 1.18 bits per heavy atom. The predicted octanol–water partition coefficient (Wildman–Crippen LogP) is 2.57. The van der Waals surface area contributed by atoms with Crippen LogP contribution in [0.25, 0.3) is 0 Å². The average Bonchev–Trinajstić information content (AvgIpc) is 2.69. The zero-order chi connectivity index (χ0) is 19.1. The van der Waals surface area contributed by atoms with Crippen molar-refractivity contribution in [3.8, 4) is 5.75 Å². The number of rotatable bonds is 5. The van der Waals surface area contributed by atoms with Crippen molar-refractivity contribution in [2.45, 2.75) is 20.0 Å². The molecule has 1 atom stereocenters. The number of nitrogens with zero attached hydrogens (tertiary/aromatic N) is 5. The number of halogens is 1. The Labute approximate surface area is 184 Å². The molecule has 28 heavy (non-hydrogen) atoms. The van der Waals surface area contributed by atoms with Crippen molar-refractivity contribution in [2.75, 3.05) is 44.7 Å². The molecule has 1 saturated heterocycles. The fourth-order valence-electron chi connectivity index (χ4n) is 3.10. The van der Waals surface area contributed by atoms with E-state index in [-0.39, 0.29) is 30.1 Å². The summed E-state index contributed by atoms with van der Waals surface area (Å²) in [6, 6.07) is 9.96. The van der Waals surface area contributed by atoms with Gasteiger partial charge in [-0.2, -0.15) is 0 Å². The van der Waals surface area contributed by atoms with Crippen molar-refractivity contribution in [3.05, 3.63) is 48.3 Å². The number of hydrogen-bond donors (Lipinski definition) is 1. The summed E-state index contributed by atoms with van der Waals surface area (Å²) in [4.78, 5) is 17.6. The van der Waals surface area contributed by atoms with E-state index in [9.17, 15) is 0 Å². The lowest BCUT2D eigenvalue weighted by atomic mass is 10.2. The highest BCUT2D eigenvalue weighted by Crippen LogP contribution is 2.14. The van der Waals surface area contributed by atoms with Gasteiger partial charge in [0.2, 0.25) is 5.95 Å². The molecule has 152 valence electrons. The molecule has 1 unspecified atom stereocenters. The molecule has 7 nitrogen and oxygen atoms in total. The van der Waals surface area contributed by atoms with E-state index in [1.54, 1.807) is 12.4 Å². The maximum Gasteiger partial charge on any atom is 0.225 e. The van der Waals surface area contributed by atoms with Crippen LogP contribution in [-0.2, 0) is 0 Å². The number of ether oxygens (including phenoxy) is 1. The van der Waals surface area contributed by atoms with Gasteiger partial charge in [0.05, 0.1) is 6.54 Å². The van der Waals surface area contributed by atoms with Gasteiger partial charge in [-0.1, -0.05) is 12.1 Å². The van der Waals surface area contributed by atoms with Crippen LogP contribution in [0, 0.1) is 6.92 Å². The molecular formula is C20H29IN6O. The maximum atomic E-state index is 5.99. The Morgan fingerprint density at radius 2 is 1.89 bits per heavy atom. The van der Waals surface area contributed by atoms with Crippen molar-refractivity contribution in [2.24, 2.45) is 4.99 Å². The molecule has 0 radical (unpaired) electrons. The minimum atomic E-state index is 0. The fraction of sp³-hybridized carbons (Fsp3) is 0.450. The molecule has 2 aromatic rings. The number of aliphatic imine (C=N–C) groups is 1. The molecule has 1 fully saturated rings. The summed E-state index contributed by atoms with van der Waals surface area (Å²) < 4.78 is 5.99. The largest absolute Gasteiger partial charge is 0.489 e. The van der Waals surface area contributed by atoms with Crippen molar-refractivity contribution < 1.29 is 4.74 Å². The van der Waals surface area contributed by atoms with Crippen LogP contribution in [0.5, 0.6) is 5.75 Å². The van der Waals surface area contributed by atoms with E-state index >= 15 is 0 Å². The van der Waals surface area contributed by atoms with Gasteiger partial charge in [-0.15, -0.1) is 24.0 Å². The van der Waals surface area contributed by atoms with Gasteiger partial charge in [0.1, 0.15) is 11.9 Å². The molecule has 0 bridgehead atoms. The summed E-state index contributed by atoms with van der Waals surface area (Å²) in [7, 11) is 1.82. The zero-order valence-corrected chi connectivity index (χ0v) is 19.0. The number of guanidine groups is 1. The van der Waals surface area contributed by atoms with Crippen LogP contribution >= 0.6 is 24.0 Å². The Kier molecular flexibility index (Phi) is 8.75. The van der Waals surface area contributed by atoms with Gasteiger partial charge >= 0.3 is 0 Å². The van der Waals surface area contributed by atoms with Gasteiger partial charge in [-0.3, -0.25) is 4.99 Å². The highest BCUT2D eigenvalue weighted by atomic mass is 127. The number of aromatic nitrogens is 2. The molecule has 1 aromatic heterocycles. The van der Waals surface area contributed by atoms with Gasteiger partial charge in [0.25, 0.3) is 0 Å². The zero-order valence-electron chi connectivity index (χ0n) is 16.7. The summed E-state index contributed by atoms with van der Waals surface area (Å²) >= 11 is 0. The van der Waals surface area contributed by atoms with Gasteiger partial charge in [0, 0.05) is 45.6 Å². The van der Waals surface area contributed by atoms with Crippen LogP contribution < -0.4 is 15.0 Å². The molecule has 0 aliphatic carbocycles. The van der Waals surface area contributed by atoms with E-state index in [2.05, 4.69) is 56.1 Å². The molecule has 2 heterocycles. The quantitative estimate of drug-likeness (QED) is 0.390. The second kappa shape index (κ2) is 11.0. The number of nitrogens with one attached hydrogen (secondary N) is 1. The highest BCUT2D eigenvalue weighted by Gasteiger charge is 2.21. The summed E-state index contributed by atoms with van der Waals surface area (Å²) in [6.07, 6.45) is 3.61. The SMILES string of the molecule is CN=C(NCC(C)Oc1cccc(C)c1)N1CCN(c2ncccn2)CC1.I. The Balaban J connectivity index is 0.00000280. The predicted molar refractivity (Wildman–Crippen MR) is 124 cm³/mol. The lowest BCUT2D eigenvalue weighted by molar-refractivity contribution is 0.221. The van der Waals surface area contributed by atoms with Crippen LogP contribution in [-0.4, -0.2) is 66.7 Å². The van der Waals surface area contributed by atoms with Crippen LogP contribution in [0.15, 0.2) is 47.7 Å². The molecule has 0 amide bonds. The number of benzene rings is 1. The second-order valence-electron chi connectivity index (χ2n) is 6.70. The van der Waals surface area contributed by atoms with Crippen LogP contribution in [0.1, 0.15) is 12.5 Å². The minimum absolute atomic E-state index is 0. The van der Waals surface area contributed by atoms with E-state index in [1.165, 1.54) is 5.56 Å². The molecule has 0 saturated carbocycles. The van der Waals surface area contributed by atoms with Crippen molar-refractivity contribution in [1.29, 1.82) is 0 Å². The second-order valence-corrected chi connectivity index (χ2v) is 6.70. The summed E-state index contributed by atoms with van der Waals surface area (Å²) in [5.74, 6) is 2.60. The maximum absolute atomic E-state index is 5.99. The minimum Gasteiger partial charge on any atom is -0.489 e. The van der Waals surface area contributed by atoms with E-state index in [4.69, 9.17) is 4.74 Å². The molecular weight excluding hydrogens is 467 g/mol. The number of anilines is 1. The number of piperazine rings is 1. The Bertz CT molecular complexity index is 749. The lowest BCUT2D eigenvalue weighted by Crippen LogP contribution is -2.53. The first-order chi connectivity index (χ1) is 13.2. The molecule has 1 aromatic carbocycles. The third-order valence-electron chi connectivity index (χ3n) is 4.50. The smallest absolute Gasteiger partial charge is 0.225 e. The van der Waals surface area contributed by atoms with Crippen LogP contribution in [0.2, 0.25) is 0 Å². The van der Waals surface area contributed by atoms with E-state index < -0.39 is 0 Å². The first-order valence-electron chi connectivity index (χ1n) is 9.36. The molecule has 1 aliphatic rings. The highest BCUT2D eigenvalue weighted by molar-refractivity contribution is 14.0. The Hall–Kier alpha value is -2.10. The van der Waals surface area contributed by atoms with Gasteiger partial charge in [0.15, 0.2) is 5.96 Å². The number of aryl methyl sites for hydroxylation is 1. The van der Waals surface area contributed by atoms with Crippen molar-refractivity contribution >= 4 is 35.9 Å². The first-order valence-corrected chi connectivity index (χ1v) is 9.36. The van der Waals surface area contributed by atoms with Crippen molar-refractivity contribution in [1.82, 2.24) is 20.2 Å². The average molecular weight is 496 g/mol. The van der Waals surface area contributed by atoms with Gasteiger partial charge in [-0.25, -0.2) is 9.97 Å². The van der Waals surface area contributed by atoms with Gasteiger partial charge < -0.3 is 19.9 Å². The van der Waals surface area contributed by atoms with Crippen LogP contribution in [0.4, 0.5) is 5.95 Å². The first kappa shape index (κ1) is 22.2. The van der Waals surface area contributed by atoms with Crippen LogP contribution in [0.3, 0.4) is 0 Å². The van der Waals surface area contributed by atoms with Gasteiger partial charge in [-0.05, 0) is 37.6 Å². The Morgan fingerprint density at radius 3 is 2.54 bits per heavy atom. The summed E-state index contributed by atoms with van der Waals surface area (Å²) in [6.45, 7) is 8.34. The monoisotopic (exact) mass is 496 g/mol. The fourth-order valence-corrected chi connectivity index (χ4v) is 3.10. The molecule has 3 rings (SSSR count). The number of hydrogen-bond acceptors (Lipinski definition) is 5. The van der Waals surface area contributed by atoms with E-state index in [0.717, 1.165) is 43.8 Å². The summed E-state index contributed by atoms with van der Waals surface area (Å²) in [5, 5.41) is 3.43. The third kappa shape index (κ3) is 6.22.